The third-order valence-electron chi connectivity index (χ3n) is 1.72. The molecule has 0 aliphatic heterocycles. The van der Waals surface area contributed by atoms with Crippen molar-refractivity contribution in [2.75, 3.05) is 12.8 Å². The Morgan fingerprint density at radius 3 is 2.43 bits per heavy atom. The lowest BCUT2D eigenvalue weighted by atomic mass is 9.87. The molecule has 1 fully saturated rings. The molecule has 0 radical (unpaired) electrons. The first-order chi connectivity index (χ1) is 3.43. The van der Waals surface area contributed by atoms with E-state index in [1.165, 1.54) is 34.0 Å². The summed E-state index contributed by atoms with van der Waals surface area (Å²) in [7, 11) is 1.20. The molecule has 1 unspecified atom stereocenters. The average molecular weight is 116 g/mol. The van der Waals surface area contributed by atoms with Crippen molar-refractivity contribution in [1.29, 1.82) is 0 Å². The van der Waals surface area contributed by atoms with Crippen LogP contribution in [0.1, 0.15) is 19.3 Å². The molecule has 0 heterocycles. The van der Waals surface area contributed by atoms with E-state index >= 15 is 0 Å². The maximum Gasteiger partial charge on any atom is -0.0327 e. The van der Waals surface area contributed by atoms with Crippen LogP contribution in [0.5, 0.6) is 0 Å². The van der Waals surface area contributed by atoms with Crippen LogP contribution < -0.4 is 0 Å². The monoisotopic (exact) mass is 116 g/mol. The lowest BCUT2D eigenvalue weighted by Crippen LogP contribution is -2.12. The predicted octanol–water partition coefficient (Wildman–Crippen LogP) is 2.09. The fourth-order valence-corrected chi connectivity index (χ4v) is 1.97. The fourth-order valence-electron chi connectivity index (χ4n) is 0.986. The Morgan fingerprint density at radius 2 is 2.29 bits per heavy atom. The summed E-state index contributed by atoms with van der Waals surface area (Å²) in [6.45, 7) is 2.30. The second-order valence-electron chi connectivity index (χ2n) is 2.35. The standard InChI is InChI=1S/C6H13P/c1-7-5-6-3-2-4-6/h6-7H,2-5H2,1H3. The smallest absolute Gasteiger partial charge is 0.0327 e. The van der Waals surface area contributed by atoms with Gasteiger partial charge in [0.1, 0.15) is 0 Å². The molecule has 0 spiro atoms. The summed E-state index contributed by atoms with van der Waals surface area (Å²) >= 11 is 0. The molecule has 7 heavy (non-hydrogen) atoms. The van der Waals surface area contributed by atoms with Crippen LogP contribution in [-0.2, 0) is 0 Å². The summed E-state index contributed by atoms with van der Waals surface area (Å²) in [5.74, 6) is 1.14. The highest BCUT2D eigenvalue weighted by Crippen LogP contribution is 2.30. The van der Waals surface area contributed by atoms with Gasteiger partial charge in [0.2, 0.25) is 0 Å². The first-order valence-electron chi connectivity index (χ1n) is 3.08. The first kappa shape index (κ1) is 5.56. The summed E-state index contributed by atoms with van der Waals surface area (Å²) in [4.78, 5) is 0. The quantitative estimate of drug-likeness (QED) is 0.484. The van der Waals surface area contributed by atoms with Crippen molar-refractivity contribution in [3.05, 3.63) is 0 Å². The molecule has 0 aromatic heterocycles. The van der Waals surface area contributed by atoms with Crippen LogP contribution in [0.3, 0.4) is 0 Å². The second kappa shape index (κ2) is 2.67. The van der Waals surface area contributed by atoms with Crippen LogP contribution in [0.15, 0.2) is 0 Å². The van der Waals surface area contributed by atoms with Crippen molar-refractivity contribution >= 4 is 8.58 Å². The largest absolute Gasteiger partial charge is 0.125 e. The van der Waals surface area contributed by atoms with Gasteiger partial charge in [-0.15, -0.1) is 8.58 Å². The van der Waals surface area contributed by atoms with Crippen LogP contribution in [0.4, 0.5) is 0 Å². The summed E-state index contributed by atoms with van der Waals surface area (Å²) in [5, 5.41) is 0. The van der Waals surface area contributed by atoms with Gasteiger partial charge in [0, 0.05) is 0 Å². The van der Waals surface area contributed by atoms with Crippen LogP contribution in [0, 0.1) is 5.92 Å². The SMILES string of the molecule is CPCC1CCC1. The lowest BCUT2D eigenvalue weighted by Gasteiger charge is -2.24. The molecule has 42 valence electrons. The topological polar surface area (TPSA) is 0 Å². The van der Waals surface area contributed by atoms with E-state index in [4.69, 9.17) is 0 Å². The van der Waals surface area contributed by atoms with Crippen molar-refractivity contribution in [2.45, 2.75) is 19.3 Å². The molecule has 0 amide bonds. The Labute approximate surface area is 47.5 Å². The molecule has 1 aliphatic carbocycles. The minimum Gasteiger partial charge on any atom is -0.125 e. The summed E-state index contributed by atoms with van der Waals surface area (Å²) in [6, 6.07) is 0. The van der Waals surface area contributed by atoms with Gasteiger partial charge in [0.05, 0.1) is 0 Å². The molecule has 0 bridgehead atoms. The zero-order valence-corrected chi connectivity index (χ0v) is 5.91. The molecule has 0 saturated heterocycles. The van der Waals surface area contributed by atoms with E-state index in [0.29, 0.717) is 0 Å². The number of hydrogen-bond donors (Lipinski definition) is 0. The maximum absolute atomic E-state index is 2.30. The molecule has 1 aliphatic rings. The molecule has 0 aromatic carbocycles. The van der Waals surface area contributed by atoms with Gasteiger partial charge in [0.25, 0.3) is 0 Å². The number of rotatable bonds is 2. The average Bonchev–Trinajstić information content (AvgIpc) is 1.55. The van der Waals surface area contributed by atoms with Crippen LogP contribution in [-0.4, -0.2) is 12.8 Å². The van der Waals surface area contributed by atoms with Crippen LogP contribution in [0.25, 0.3) is 0 Å². The van der Waals surface area contributed by atoms with Crippen molar-refractivity contribution in [3.8, 4) is 0 Å². The minimum atomic E-state index is 1.14. The second-order valence-corrected chi connectivity index (χ2v) is 3.47. The summed E-state index contributed by atoms with van der Waals surface area (Å²) in [5.41, 5.74) is 0. The predicted molar refractivity (Wildman–Crippen MR) is 36.4 cm³/mol. The van der Waals surface area contributed by atoms with E-state index in [1.807, 2.05) is 0 Å². The zero-order chi connectivity index (χ0) is 5.11. The van der Waals surface area contributed by atoms with Crippen molar-refractivity contribution < 1.29 is 0 Å². The van der Waals surface area contributed by atoms with E-state index in [0.717, 1.165) is 5.92 Å². The fraction of sp³-hybridized carbons (Fsp3) is 1.00. The molecular weight excluding hydrogens is 103 g/mol. The van der Waals surface area contributed by atoms with E-state index in [9.17, 15) is 0 Å². The highest BCUT2D eigenvalue weighted by atomic mass is 31.1. The van der Waals surface area contributed by atoms with Crippen LogP contribution >= 0.6 is 8.58 Å². The zero-order valence-electron chi connectivity index (χ0n) is 4.91. The molecule has 1 atom stereocenters. The minimum absolute atomic E-state index is 1.14. The Hall–Kier alpha value is 0.430. The maximum atomic E-state index is 2.30. The summed E-state index contributed by atoms with van der Waals surface area (Å²) < 4.78 is 0. The third kappa shape index (κ3) is 1.42. The summed E-state index contributed by atoms with van der Waals surface area (Å²) in [6.07, 6.45) is 6.08. The Bertz CT molecular complexity index is 48.1. The van der Waals surface area contributed by atoms with Gasteiger partial charge >= 0.3 is 0 Å². The Balaban J connectivity index is 1.93. The van der Waals surface area contributed by atoms with Gasteiger partial charge in [-0.25, -0.2) is 0 Å². The molecular formula is C6H13P. The van der Waals surface area contributed by atoms with E-state index in [1.54, 1.807) is 0 Å². The van der Waals surface area contributed by atoms with Crippen molar-refractivity contribution in [2.24, 2.45) is 5.92 Å². The van der Waals surface area contributed by atoms with Gasteiger partial charge in [-0.05, 0) is 18.7 Å². The molecule has 0 aromatic rings. The number of hydrogen-bond acceptors (Lipinski definition) is 0. The van der Waals surface area contributed by atoms with Crippen molar-refractivity contribution in [1.82, 2.24) is 0 Å². The highest BCUT2D eigenvalue weighted by molar-refractivity contribution is 7.36. The Morgan fingerprint density at radius 1 is 1.57 bits per heavy atom. The third-order valence-corrected chi connectivity index (χ3v) is 2.70. The Kier molecular flexibility index (Phi) is 2.12. The van der Waals surface area contributed by atoms with Gasteiger partial charge in [0.15, 0.2) is 0 Å². The van der Waals surface area contributed by atoms with E-state index in [-0.39, 0.29) is 0 Å². The normalized spacial score (nSPS) is 23.6. The lowest BCUT2D eigenvalue weighted by molar-refractivity contribution is 0.352. The molecule has 1 saturated carbocycles. The molecule has 0 N–H and O–H groups in total. The van der Waals surface area contributed by atoms with Crippen LogP contribution in [0.2, 0.25) is 0 Å². The van der Waals surface area contributed by atoms with Gasteiger partial charge in [-0.3, -0.25) is 0 Å². The van der Waals surface area contributed by atoms with E-state index < -0.39 is 0 Å². The van der Waals surface area contributed by atoms with E-state index in [2.05, 4.69) is 6.66 Å². The molecule has 1 heteroatoms. The van der Waals surface area contributed by atoms with Gasteiger partial charge in [-0.2, -0.15) is 0 Å². The first-order valence-corrected chi connectivity index (χ1v) is 4.79. The molecule has 0 nitrogen and oxygen atoms in total. The van der Waals surface area contributed by atoms with Gasteiger partial charge < -0.3 is 0 Å². The molecule has 1 rings (SSSR count). The van der Waals surface area contributed by atoms with Crippen molar-refractivity contribution in [3.63, 3.8) is 0 Å². The van der Waals surface area contributed by atoms with Gasteiger partial charge in [-0.1, -0.05) is 19.3 Å². The highest BCUT2D eigenvalue weighted by Gasteiger charge is 2.14.